The number of amides is 1. The van der Waals surface area contributed by atoms with E-state index in [0.29, 0.717) is 41.5 Å². The number of aliphatic carboxylic acids is 1. The Hall–Kier alpha value is -1.30. The Morgan fingerprint density at radius 1 is 1.14 bits per heavy atom. The van der Waals surface area contributed by atoms with Crippen molar-refractivity contribution < 1.29 is 19.8 Å². The van der Waals surface area contributed by atoms with Crippen LogP contribution in [0.4, 0.5) is 0 Å². The molecule has 1 fully saturated rings. The van der Waals surface area contributed by atoms with Crippen molar-refractivity contribution in [1.82, 2.24) is 4.90 Å². The van der Waals surface area contributed by atoms with Gasteiger partial charge >= 0.3 is 5.97 Å². The number of benzene rings is 1. The number of hydrogen-bond acceptors (Lipinski definition) is 3. The number of aliphatic hydroxyl groups is 1. The highest BCUT2D eigenvalue weighted by atomic mass is 35.5. The van der Waals surface area contributed by atoms with Gasteiger partial charge in [-0.05, 0) is 36.6 Å². The number of rotatable bonds is 3. The first kappa shape index (κ1) is 16.1. The summed E-state index contributed by atoms with van der Waals surface area (Å²) < 4.78 is 0. The fourth-order valence-electron chi connectivity index (χ4n) is 2.40. The second kappa shape index (κ2) is 6.64. The number of hydrogen-bond donors (Lipinski definition) is 2. The molecule has 0 bridgehead atoms. The summed E-state index contributed by atoms with van der Waals surface area (Å²) in [5, 5.41) is 19.8. The first-order valence-corrected chi connectivity index (χ1v) is 7.29. The zero-order valence-electron chi connectivity index (χ0n) is 11.1. The average molecular weight is 332 g/mol. The van der Waals surface area contributed by atoms with E-state index in [9.17, 15) is 14.7 Å². The molecular formula is C14H15Cl2NO4. The van der Waals surface area contributed by atoms with E-state index < -0.39 is 23.9 Å². The zero-order chi connectivity index (χ0) is 15.6. The normalized spacial score (nSPS) is 17.6. The number of halogens is 2. The van der Waals surface area contributed by atoms with Crippen LogP contribution in [0, 0.1) is 5.92 Å². The number of carbonyl (C=O) groups is 2. The Morgan fingerprint density at radius 2 is 1.67 bits per heavy atom. The van der Waals surface area contributed by atoms with Crippen molar-refractivity contribution in [3.63, 3.8) is 0 Å². The lowest BCUT2D eigenvalue weighted by Crippen LogP contribution is -2.42. The Labute approximate surface area is 132 Å². The van der Waals surface area contributed by atoms with Crippen LogP contribution in [0.25, 0.3) is 0 Å². The maximum Gasteiger partial charge on any atom is 0.306 e. The first-order valence-electron chi connectivity index (χ1n) is 6.54. The van der Waals surface area contributed by atoms with Gasteiger partial charge in [0.1, 0.15) is 0 Å². The second-order valence-electron chi connectivity index (χ2n) is 5.04. The first-order chi connectivity index (χ1) is 9.88. The van der Waals surface area contributed by atoms with Gasteiger partial charge in [-0.2, -0.15) is 0 Å². The summed E-state index contributed by atoms with van der Waals surface area (Å²) in [6.45, 7) is 0.641. The molecule has 0 aromatic heterocycles. The lowest BCUT2D eigenvalue weighted by molar-refractivity contribution is -0.148. The lowest BCUT2D eigenvalue weighted by Gasteiger charge is -2.31. The molecule has 1 aromatic rings. The number of likely N-dealkylation sites (tertiary alicyclic amines) is 1. The molecule has 114 valence electrons. The van der Waals surface area contributed by atoms with Crippen LogP contribution in [0.3, 0.4) is 0 Å². The number of carbonyl (C=O) groups excluding carboxylic acids is 1. The molecule has 1 atom stereocenters. The van der Waals surface area contributed by atoms with Gasteiger partial charge in [-0.15, -0.1) is 0 Å². The van der Waals surface area contributed by atoms with Gasteiger partial charge < -0.3 is 15.1 Å². The molecule has 1 heterocycles. The van der Waals surface area contributed by atoms with Crippen LogP contribution in [0.15, 0.2) is 18.2 Å². The highest BCUT2D eigenvalue weighted by molar-refractivity contribution is 6.34. The molecule has 1 aliphatic rings. The smallest absolute Gasteiger partial charge is 0.306 e. The summed E-state index contributed by atoms with van der Waals surface area (Å²) in [6.07, 6.45) is -0.559. The maximum atomic E-state index is 12.2. The van der Waals surface area contributed by atoms with Gasteiger partial charge in [0.2, 0.25) is 0 Å². The van der Waals surface area contributed by atoms with E-state index in [1.54, 1.807) is 0 Å². The Balaban J connectivity index is 2.04. The molecule has 2 N–H and O–H groups in total. The minimum atomic E-state index is -1.34. The van der Waals surface area contributed by atoms with Crippen molar-refractivity contribution in [2.24, 2.45) is 5.92 Å². The molecule has 2 rings (SSSR count). The Bertz CT molecular complexity index is 536. The fraction of sp³-hybridized carbons (Fsp3) is 0.429. The summed E-state index contributed by atoms with van der Waals surface area (Å²) in [4.78, 5) is 24.6. The van der Waals surface area contributed by atoms with E-state index in [-0.39, 0.29) is 0 Å². The molecule has 1 unspecified atom stereocenters. The predicted octanol–water partition coefficient (Wildman–Crippen LogP) is 2.35. The topological polar surface area (TPSA) is 77.8 Å². The minimum Gasteiger partial charge on any atom is -0.481 e. The molecule has 0 spiro atoms. The number of piperidine rings is 1. The van der Waals surface area contributed by atoms with Crippen molar-refractivity contribution >= 4 is 35.1 Å². The van der Waals surface area contributed by atoms with Crippen LogP contribution in [0.5, 0.6) is 0 Å². The summed E-state index contributed by atoms with van der Waals surface area (Å²) >= 11 is 11.7. The van der Waals surface area contributed by atoms with Crippen molar-refractivity contribution in [2.45, 2.75) is 18.9 Å². The predicted molar refractivity (Wildman–Crippen MR) is 78.4 cm³/mol. The van der Waals surface area contributed by atoms with E-state index in [1.807, 2.05) is 0 Å². The van der Waals surface area contributed by atoms with E-state index in [1.165, 1.54) is 23.1 Å². The molecule has 21 heavy (non-hydrogen) atoms. The lowest BCUT2D eigenvalue weighted by atomic mass is 9.96. The summed E-state index contributed by atoms with van der Waals surface area (Å²) in [5.41, 5.74) is 0.331. The molecule has 0 saturated carbocycles. The molecule has 0 aliphatic carbocycles. The van der Waals surface area contributed by atoms with Crippen LogP contribution in [-0.4, -0.2) is 40.1 Å². The van der Waals surface area contributed by atoms with Gasteiger partial charge in [-0.25, -0.2) is 0 Å². The van der Waals surface area contributed by atoms with Gasteiger partial charge in [-0.1, -0.05) is 23.2 Å². The number of carboxylic acids is 1. The average Bonchev–Trinajstić information content (AvgIpc) is 2.44. The summed E-state index contributed by atoms with van der Waals surface area (Å²) in [7, 11) is 0. The minimum absolute atomic E-state index is 0.321. The van der Waals surface area contributed by atoms with E-state index in [4.69, 9.17) is 28.3 Å². The second-order valence-corrected chi connectivity index (χ2v) is 5.92. The highest BCUT2D eigenvalue weighted by Gasteiger charge is 2.30. The van der Waals surface area contributed by atoms with E-state index in [2.05, 4.69) is 0 Å². The highest BCUT2D eigenvalue weighted by Crippen LogP contribution is 2.26. The largest absolute Gasteiger partial charge is 0.481 e. The molecule has 0 radical (unpaired) electrons. The number of aliphatic hydroxyl groups excluding tert-OH is 1. The van der Waals surface area contributed by atoms with Crippen molar-refractivity contribution in [3.05, 3.63) is 33.8 Å². The van der Waals surface area contributed by atoms with Gasteiger partial charge in [0.15, 0.2) is 6.10 Å². The van der Waals surface area contributed by atoms with Crippen LogP contribution in [0.1, 0.15) is 24.5 Å². The van der Waals surface area contributed by atoms with Crippen LogP contribution < -0.4 is 0 Å². The molecule has 1 aliphatic heterocycles. The standard InChI is InChI=1S/C14H15Cl2NO4/c15-10-5-9(6-11(16)7-10)12(18)13(19)17-3-1-8(2-4-17)14(20)21/h5-8,12,18H,1-4H2,(H,20,21). The molecule has 1 saturated heterocycles. The molecule has 5 nitrogen and oxygen atoms in total. The van der Waals surface area contributed by atoms with Crippen molar-refractivity contribution in [1.29, 1.82) is 0 Å². The molecule has 1 aromatic carbocycles. The van der Waals surface area contributed by atoms with Crippen LogP contribution in [-0.2, 0) is 9.59 Å². The third-order valence-corrected chi connectivity index (χ3v) is 4.03. The van der Waals surface area contributed by atoms with Gasteiger partial charge in [0.05, 0.1) is 5.92 Å². The Morgan fingerprint density at radius 3 is 2.14 bits per heavy atom. The number of nitrogens with zero attached hydrogens (tertiary/aromatic N) is 1. The van der Waals surface area contributed by atoms with Crippen molar-refractivity contribution in [2.75, 3.05) is 13.1 Å². The Kier molecular flexibility index (Phi) is 5.08. The van der Waals surface area contributed by atoms with E-state index in [0.717, 1.165) is 0 Å². The third kappa shape index (κ3) is 3.87. The number of carboxylic acid groups (broad SMARTS) is 1. The maximum absolute atomic E-state index is 12.2. The van der Waals surface area contributed by atoms with Gasteiger partial charge in [0, 0.05) is 23.1 Å². The monoisotopic (exact) mass is 331 g/mol. The van der Waals surface area contributed by atoms with Crippen LogP contribution >= 0.6 is 23.2 Å². The fourth-order valence-corrected chi connectivity index (χ4v) is 2.94. The molecule has 7 heteroatoms. The van der Waals surface area contributed by atoms with E-state index >= 15 is 0 Å². The third-order valence-electron chi connectivity index (χ3n) is 3.59. The molecular weight excluding hydrogens is 317 g/mol. The van der Waals surface area contributed by atoms with Gasteiger partial charge in [-0.3, -0.25) is 9.59 Å². The van der Waals surface area contributed by atoms with Crippen molar-refractivity contribution in [3.8, 4) is 0 Å². The summed E-state index contributed by atoms with van der Waals surface area (Å²) in [5.74, 6) is -1.73. The zero-order valence-corrected chi connectivity index (χ0v) is 12.6. The SMILES string of the molecule is O=C(O)C1CCN(C(=O)C(O)c2cc(Cl)cc(Cl)c2)CC1. The molecule has 1 amide bonds. The van der Waals surface area contributed by atoms with Crippen LogP contribution in [0.2, 0.25) is 10.0 Å². The quantitative estimate of drug-likeness (QED) is 0.891. The van der Waals surface area contributed by atoms with Gasteiger partial charge in [0.25, 0.3) is 5.91 Å². The summed E-state index contributed by atoms with van der Waals surface area (Å²) in [6, 6.07) is 4.49.